The second-order valence-corrected chi connectivity index (χ2v) is 6.87. The van der Waals surface area contributed by atoms with E-state index >= 15 is 0 Å². The third-order valence-electron chi connectivity index (χ3n) is 3.79. The van der Waals surface area contributed by atoms with Gasteiger partial charge in [-0.05, 0) is 49.9 Å². The van der Waals surface area contributed by atoms with Crippen LogP contribution in [0.5, 0.6) is 5.75 Å². The molecular formula is C20H24N2O3S. The Bertz CT molecular complexity index is 779. The number of para-hydroxylation sites is 1. The van der Waals surface area contributed by atoms with Crippen LogP contribution in [-0.4, -0.2) is 42.7 Å². The quantitative estimate of drug-likeness (QED) is 0.755. The molecule has 0 aromatic heterocycles. The first-order valence-electron chi connectivity index (χ1n) is 8.32. The second kappa shape index (κ2) is 9.29. The maximum absolute atomic E-state index is 12.5. The van der Waals surface area contributed by atoms with Crippen molar-refractivity contribution in [3.63, 3.8) is 0 Å². The molecule has 0 unspecified atom stereocenters. The first kappa shape index (κ1) is 19.8. The lowest BCUT2D eigenvalue weighted by molar-refractivity contribution is -0.139. The molecule has 0 saturated carbocycles. The number of thioether (sulfide) groups is 1. The molecule has 1 atom stereocenters. The molecule has 5 nitrogen and oxygen atoms in total. The standard InChI is InChI=1S/C20H24N2O3S/c1-14-8-7-9-16(12-14)25-15(2)20(24)22(3)13-19(23)21-17-10-5-6-11-18(17)26-4/h5-12,15H,13H2,1-4H3,(H,21,23)/t15-/m1/s1. The Kier molecular flexibility index (Phi) is 7.09. The molecule has 0 bridgehead atoms. The number of carbonyl (C=O) groups excluding carboxylic acids is 2. The van der Waals surface area contributed by atoms with Crippen LogP contribution in [0.3, 0.4) is 0 Å². The lowest BCUT2D eigenvalue weighted by Crippen LogP contribution is -2.42. The highest BCUT2D eigenvalue weighted by Gasteiger charge is 2.21. The van der Waals surface area contributed by atoms with Gasteiger partial charge in [-0.15, -0.1) is 11.8 Å². The molecule has 2 amide bonds. The van der Waals surface area contributed by atoms with E-state index in [1.165, 1.54) is 4.90 Å². The Morgan fingerprint density at radius 2 is 1.92 bits per heavy atom. The van der Waals surface area contributed by atoms with Crippen molar-refractivity contribution in [1.82, 2.24) is 4.90 Å². The van der Waals surface area contributed by atoms with E-state index in [9.17, 15) is 9.59 Å². The molecular weight excluding hydrogens is 348 g/mol. The summed E-state index contributed by atoms with van der Waals surface area (Å²) in [4.78, 5) is 27.1. The minimum atomic E-state index is -0.673. The van der Waals surface area contributed by atoms with Gasteiger partial charge >= 0.3 is 0 Å². The molecule has 2 aromatic rings. The summed E-state index contributed by atoms with van der Waals surface area (Å²) in [6.45, 7) is 3.60. The van der Waals surface area contributed by atoms with Crippen molar-refractivity contribution < 1.29 is 14.3 Å². The SMILES string of the molecule is CSc1ccccc1NC(=O)CN(C)C(=O)[C@@H](C)Oc1cccc(C)c1. The first-order valence-corrected chi connectivity index (χ1v) is 9.54. The Morgan fingerprint density at radius 1 is 1.19 bits per heavy atom. The van der Waals surface area contributed by atoms with Crippen molar-refractivity contribution in [3.8, 4) is 5.75 Å². The molecule has 1 N–H and O–H groups in total. The Morgan fingerprint density at radius 3 is 2.62 bits per heavy atom. The molecule has 0 fully saturated rings. The average molecular weight is 372 g/mol. The Hall–Kier alpha value is -2.47. The topological polar surface area (TPSA) is 58.6 Å². The van der Waals surface area contributed by atoms with E-state index in [2.05, 4.69) is 5.32 Å². The van der Waals surface area contributed by atoms with Gasteiger partial charge in [-0.3, -0.25) is 9.59 Å². The molecule has 6 heteroatoms. The number of amides is 2. The zero-order chi connectivity index (χ0) is 19.1. The van der Waals surface area contributed by atoms with Crippen LogP contribution in [0.2, 0.25) is 0 Å². The molecule has 26 heavy (non-hydrogen) atoms. The van der Waals surface area contributed by atoms with Gasteiger partial charge in [0.1, 0.15) is 5.75 Å². The molecule has 0 radical (unpaired) electrons. The highest BCUT2D eigenvalue weighted by Crippen LogP contribution is 2.24. The smallest absolute Gasteiger partial charge is 0.263 e. The van der Waals surface area contributed by atoms with Crippen molar-refractivity contribution in [2.45, 2.75) is 24.8 Å². The number of likely N-dealkylation sites (N-methyl/N-ethyl adjacent to an activating group) is 1. The molecule has 0 aliphatic rings. The first-order chi connectivity index (χ1) is 12.4. The second-order valence-electron chi connectivity index (χ2n) is 6.02. The normalized spacial score (nSPS) is 11.5. The van der Waals surface area contributed by atoms with E-state index in [1.807, 2.05) is 61.7 Å². The summed E-state index contributed by atoms with van der Waals surface area (Å²) in [5.41, 5.74) is 1.80. The molecule has 2 rings (SSSR count). The summed E-state index contributed by atoms with van der Waals surface area (Å²) in [7, 11) is 1.60. The predicted molar refractivity (Wildman–Crippen MR) is 106 cm³/mol. The number of benzene rings is 2. The monoisotopic (exact) mass is 372 g/mol. The number of rotatable bonds is 7. The minimum Gasteiger partial charge on any atom is -0.481 e. The van der Waals surface area contributed by atoms with Crippen molar-refractivity contribution >= 4 is 29.3 Å². The van der Waals surface area contributed by atoms with Gasteiger partial charge in [0.05, 0.1) is 12.2 Å². The molecule has 0 spiro atoms. The van der Waals surface area contributed by atoms with Crippen LogP contribution >= 0.6 is 11.8 Å². The highest BCUT2D eigenvalue weighted by atomic mass is 32.2. The fraction of sp³-hybridized carbons (Fsp3) is 0.300. The lowest BCUT2D eigenvalue weighted by Gasteiger charge is -2.22. The number of hydrogen-bond acceptors (Lipinski definition) is 4. The maximum Gasteiger partial charge on any atom is 0.263 e. The molecule has 138 valence electrons. The van der Waals surface area contributed by atoms with Gasteiger partial charge in [-0.2, -0.15) is 0 Å². The molecule has 0 aliphatic carbocycles. The van der Waals surface area contributed by atoms with E-state index in [4.69, 9.17) is 4.74 Å². The summed E-state index contributed by atoms with van der Waals surface area (Å²) in [6.07, 6.45) is 1.28. The Balaban J connectivity index is 1.92. The average Bonchev–Trinajstić information content (AvgIpc) is 2.61. The van der Waals surface area contributed by atoms with Crippen molar-refractivity contribution in [2.75, 3.05) is 25.2 Å². The predicted octanol–water partition coefficient (Wildman–Crippen LogP) is 3.58. The summed E-state index contributed by atoms with van der Waals surface area (Å²) in [5, 5.41) is 2.85. The molecule has 0 saturated heterocycles. The number of nitrogens with zero attached hydrogens (tertiary/aromatic N) is 1. The van der Waals surface area contributed by atoms with Gasteiger partial charge in [0.25, 0.3) is 5.91 Å². The summed E-state index contributed by atoms with van der Waals surface area (Å²) >= 11 is 1.55. The molecule has 2 aromatic carbocycles. The van der Waals surface area contributed by atoms with E-state index in [1.54, 1.807) is 25.7 Å². The van der Waals surface area contributed by atoms with Crippen LogP contribution in [0, 0.1) is 6.92 Å². The van der Waals surface area contributed by atoms with Gasteiger partial charge < -0.3 is 15.0 Å². The van der Waals surface area contributed by atoms with Gasteiger partial charge in [0.2, 0.25) is 5.91 Å². The zero-order valence-electron chi connectivity index (χ0n) is 15.5. The number of anilines is 1. The minimum absolute atomic E-state index is 0.0386. The van der Waals surface area contributed by atoms with Gasteiger partial charge in [-0.1, -0.05) is 24.3 Å². The number of ether oxygens (including phenoxy) is 1. The third kappa shape index (κ3) is 5.52. The largest absolute Gasteiger partial charge is 0.481 e. The van der Waals surface area contributed by atoms with E-state index in [-0.39, 0.29) is 18.4 Å². The van der Waals surface area contributed by atoms with Gasteiger partial charge in [0, 0.05) is 11.9 Å². The molecule has 0 aliphatic heterocycles. The fourth-order valence-corrected chi connectivity index (χ4v) is 3.04. The van der Waals surface area contributed by atoms with E-state index in [0.29, 0.717) is 5.75 Å². The number of aryl methyl sites for hydroxylation is 1. The van der Waals surface area contributed by atoms with Crippen molar-refractivity contribution in [3.05, 3.63) is 54.1 Å². The summed E-state index contributed by atoms with van der Waals surface area (Å²) in [5.74, 6) is 0.141. The van der Waals surface area contributed by atoms with Gasteiger partial charge in [0.15, 0.2) is 6.10 Å². The maximum atomic E-state index is 12.5. The van der Waals surface area contributed by atoms with Crippen LogP contribution in [0.1, 0.15) is 12.5 Å². The Labute approximate surface area is 158 Å². The summed E-state index contributed by atoms with van der Waals surface area (Å²) < 4.78 is 5.69. The highest BCUT2D eigenvalue weighted by molar-refractivity contribution is 7.98. The van der Waals surface area contributed by atoms with E-state index in [0.717, 1.165) is 16.1 Å². The van der Waals surface area contributed by atoms with Crippen LogP contribution < -0.4 is 10.1 Å². The van der Waals surface area contributed by atoms with Crippen LogP contribution in [0.4, 0.5) is 5.69 Å². The number of nitrogens with one attached hydrogen (secondary N) is 1. The van der Waals surface area contributed by atoms with Gasteiger partial charge in [-0.25, -0.2) is 0 Å². The fourth-order valence-electron chi connectivity index (χ4n) is 2.48. The van der Waals surface area contributed by atoms with Crippen LogP contribution in [-0.2, 0) is 9.59 Å². The molecule has 0 heterocycles. The zero-order valence-corrected chi connectivity index (χ0v) is 16.3. The van der Waals surface area contributed by atoms with Crippen molar-refractivity contribution in [1.29, 1.82) is 0 Å². The summed E-state index contributed by atoms with van der Waals surface area (Å²) in [6, 6.07) is 15.1. The van der Waals surface area contributed by atoms with Crippen LogP contribution in [0.15, 0.2) is 53.4 Å². The van der Waals surface area contributed by atoms with E-state index < -0.39 is 6.10 Å². The third-order valence-corrected chi connectivity index (χ3v) is 4.58. The number of hydrogen-bond donors (Lipinski definition) is 1. The van der Waals surface area contributed by atoms with Crippen LogP contribution in [0.25, 0.3) is 0 Å². The number of carbonyl (C=O) groups is 2. The lowest BCUT2D eigenvalue weighted by atomic mass is 10.2. The van der Waals surface area contributed by atoms with Crippen molar-refractivity contribution in [2.24, 2.45) is 0 Å².